The number of halogens is 1. The Labute approximate surface area is 97.9 Å². The molecule has 0 saturated carbocycles. The van der Waals surface area contributed by atoms with Crippen LogP contribution in [0.15, 0.2) is 23.0 Å². The normalized spacial score (nSPS) is 12.6. The van der Waals surface area contributed by atoms with Crippen LogP contribution in [0.25, 0.3) is 11.5 Å². The van der Waals surface area contributed by atoms with Crippen LogP contribution in [0.2, 0.25) is 0 Å². The van der Waals surface area contributed by atoms with E-state index in [1.807, 2.05) is 6.92 Å². The van der Waals surface area contributed by atoms with E-state index in [0.717, 1.165) is 12.6 Å². The van der Waals surface area contributed by atoms with Crippen molar-refractivity contribution in [3.05, 3.63) is 30.1 Å². The van der Waals surface area contributed by atoms with Gasteiger partial charge in [0.15, 0.2) is 5.82 Å². The molecular weight excluding hydrogens is 223 g/mol. The minimum atomic E-state index is -0.437. The number of pyridine rings is 1. The lowest BCUT2D eigenvalue weighted by molar-refractivity contribution is 0.418. The highest BCUT2D eigenvalue weighted by Gasteiger charge is 2.12. The molecule has 2 heterocycles. The second-order valence-electron chi connectivity index (χ2n) is 3.78. The quantitative estimate of drug-likeness (QED) is 0.871. The van der Waals surface area contributed by atoms with Crippen molar-refractivity contribution in [3.8, 4) is 11.5 Å². The molecule has 1 atom stereocenters. The summed E-state index contributed by atoms with van der Waals surface area (Å²) >= 11 is 0. The lowest BCUT2D eigenvalue weighted by Gasteiger charge is -2.02. The van der Waals surface area contributed by atoms with Crippen LogP contribution in [0.4, 0.5) is 4.39 Å². The Kier molecular flexibility index (Phi) is 3.43. The molecule has 2 N–H and O–H groups in total. The van der Waals surface area contributed by atoms with E-state index in [9.17, 15) is 4.39 Å². The molecular formula is C11H13FN4O. The molecule has 2 aromatic rings. The highest BCUT2D eigenvalue weighted by molar-refractivity contribution is 5.50. The van der Waals surface area contributed by atoms with Crippen molar-refractivity contribution in [1.29, 1.82) is 0 Å². The monoisotopic (exact) mass is 236 g/mol. The summed E-state index contributed by atoms with van der Waals surface area (Å²) < 4.78 is 18.0. The molecule has 0 radical (unpaired) electrons. The molecule has 0 aliphatic rings. The second kappa shape index (κ2) is 5.01. The average molecular weight is 236 g/mol. The Morgan fingerprint density at radius 2 is 2.29 bits per heavy atom. The average Bonchev–Trinajstić information content (AvgIpc) is 2.77. The lowest BCUT2D eigenvalue weighted by Crippen LogP contribution is -2.21. The van der Waals surface area contributed by atoms with Gasteiger partial charge in [0.05, 0.1) is 11.8 Å². The van der Waals surface area contributed by atoms with Crippen molar-refractivity contribution in [2.24, 2.45) is 5.73 Å². The van der Waals surface area contributed by atoms with Gasteiger partial charge in [0.2, 0.25) is 0 Å². The lowest BCUT2D eigenvalue weighted by atomic mass is 10.2. The van der Waals surface area contributed by atoms with Gasteiger partial charge < -0.3 is 10.3 Å². The fourth-order valence-electron chi connectivity index (χ4n) is 1.36. The molecule has 17 heavy (non-hydrogen) atoms. The van der Waals surface area contributed by atoms with Gasteiger partial charge >= 0.3 is 0 Å². The second-order valence-corrected chi connectivity index (χ2v) is 3.78. The molecule has 6 heteroatoms. The Balaban J connectivity index is 2.18. The Morgan fingerprint density at radius 3 is 3.00 bits per heavy atom. The van der Waals surface area contributed by atoms with Gasteiger partial charge in [0.25, 0.3) is 5.89 Å². The Hall–Kier alpha value is -1.82. The van der Waals surface area contributed by atoms with Crippen LogP contribution in [0.1, 0.15) is 19.2 Å². The predicted molar refractivity (Wildman–Crippen MR) is 59.5 cm³/mol. The van der Waals surface area contributed by atoms with E-state index >= 15 is 0 Å². The third-order valence-corrected chi connectivity index (χ3v) is 2.39. The molecule has 0 amide bonds. The summed E-state index contributed by atoms with van der Waals surface area (Å²) in [6, 6.07) is 1.30. The minimum Gasteiger partial charge on any atom is -0.334 e. The minimum absolute atomic E-state index is 0.00563. The van der Waals surface area contributed by atoms with Gasteiger partial charge in [-0.05, 0) is 12.5 Å². The maximum atomic E-state index is 13.0. The summed E-state index contributed by atoms with van der Waals surface area (Å²) in [5, 5.41) is 3.79. The molecule has 0 fully saturated rings. The van der Waals surface area contributed by atoms with Crippen LogP contribution < -0.4 is 5.73 Å². The Morgan fingerprint density at radius 1 is 1.47 bits per heavy atom. The molecule has 0 spiro atoms. The highest BCUT2D eigenvalue weighted by atomic mass is 19.1. The number of aromatic nitrogens is 3. The third kappa shape index (κ3) is 2.85. The standard InChI is InChI=1S/C11H13FN4O/c1-2-9(13)4-10-15-11(17-16-10)7-3-8(12)6-14-5-7/h3,5-6,9H,2,4,13H2,1H3. The van der Waals surface area contributed by atoms with Crippen molar-refractivity contribution in [2.75, 3.05) is 0 Å². The molecule has 0 aliphatic heterocycles. The van der Waals surface area contributed by atoms with Crippen molar-refractivity contribution in [2.45, 2.75) is 25.8 Å². The van der Waals surface area contributed by atoms with Crippen LogP contribution in [0.5, 0.6) is 0 Å². The van der Waals surface area contributed by atoms with Crippen molar-refractivity contribution >= 4 is 0 Å². The summed E-state index contributed by atoms with van der Waals surface area (Å²) in [5.41, 5.74) is 6.25. The van der Waals surface area contributed by atoms with E-state index in [2.05, 4.69) is 15.1 Å². The first-order chi connectivity index (χ1) is 8.19. The maximum absolute atomic E-state index is 13.0. The Bertz CT molecular complexity index is 500. The zero-order valence-electron chi connectivity index (χ0n) is 9.43. The van der Waals surface area contributed by atoms with Gasteiger partial charge in [-0.2, -0.15) is 4.98 Å². The largest absolute Gasteiger partial charge is 0.334 e. The van der Waals surface area contributed by atoms with Crippen LogP contribution in [0, 0.1) is 5.82 Å². The molecule has 0 aliphatic carbocycles. The van der Waals surface area contributed by atoms with E-state index in [1.165, 1.54) is 12.3 Å². The van der Waals surface area contributed by atoms with Gasteiger partial charge in [-0.25, -0.2) is 4.39 Å². The third-order valence-electron chi connectivity index (χ3n) is 2.39. The first-order valence-corrected chi connectivity index (χ1v) is 5.38. The van der Waals surface area contributed by atoms with Crippen molar-refractivity contribution in [1.82, 2.24) is 15.1 Å². The maximum Gasteiger partial charge on any atom is 0.259 e. The van der Waals surface area contributed by atoms with Crippen molar-refractivity contribution < 1.29 is 8.91 Å². The fraction of sp³-hybridized carbons (Fsp3) is 0.364. The van der Waals surface area contributed by atoms with Crippen LogP contribution in [-0.4, -0.2) is 21.2 Å². The highest BCUT2D eigenvalue weighted by Crippen LogP contribution is 2.17. The van der Waals surface area contributed by atoms with E-state index < -0.39 is 5.82 Å². The first-order valence-electron chi connectivity index (χ1n) is 5.38. The molecule has 0 saturated heterocycles. The SMILES string of the molecule is CCC(N)Cc1noc(-c2cncc(F)c2)n1. The fourth-order valence-corrected chi connectivity index (χ4v) is 1.36. The van der Waals surface area contributed by atoms with Gasteiger partial charge in [-0.15, -0.1) is 0 Å². The van der Waals surface area contributed by atoms with Crippen LogP contribution in [0.3, 0.4) is 0 Å². The van der Waals surface area contributed by atoms with Gasteiger partial charge in [-0.1, -0.05) is 12.1 Å². The molecule has 0 aromatic carbocycles. The molecule has 2 aromatic heterocycles. The summed E-state index contributed by atoms with van der Waals surface area (Å²) in [7, 11) is 0. The molecule has 1 unspecified atom stereocenters. The smallest absolute Gasteiger partial charge is 0.259 e. The summed E-state index contributed by atoms with van der Waals surface area (Å²) in [5.74, 6) is 0.349. The number of hydrogen-bond acceptors (Lipinski definition) is 5. The zero-order chi connectivity index (χ0) is 12.3. The van der Waals surface area contributed by atoms with Crippen LogP contribution in [-0.2, 0) is 6.42 Å². The van der Waals surface area contributed by atoms with Gasteiger partial charge in [0, 0.05) is 18.7 Å². The zero-order valence-corrected chi connectivity index (χ0v) is 9.43. The van der Waals surface area contributed by atoms with E-state index in [0.29, 0.717) is 17.8 Å². The number of rotatable bonds is 4. The number of hydrogen-bond donors (Lipinski definition) is 1. The van der Waals surface area contributed by atoms with Crippen molar-refractivity contribution in [3.63, 3.8) is 0 Å². The predicted octanol–water partition coefficient (Wildman–Crippen LogP) is 1.55. The van der Waals surface area contributed by atoms with E-state index in [-0.39, 0.29) is 11.9 Å². The summed E-state index contributed by atoms with van der Waals surface area (Å²) in [4.78, 5) is 7.86. The topological polar surface area (TPSA) is 77.8 Å². The number of nitrogens with zero attached hydrogens (tertiary/aromatic N) is 3. The first kappa shape index (κ1) is 11.7. The summed E-state index contributed by atoms with van der Waals surface area (Å²) in [6.07, 6.45) is 3.97. The van der Waals surface area contributed by atoms with Gasteiger partial charge in [-0.3, -0.25) is 4.98 Å². The van der Waals surface area contributed by atoms with E-state index in [4.69, 9.17) is 10.3 Å². The molecule has 90 valence electrons. The van der Waals surface area contributed by atoms with Crippen LogP contribution >= 0.6 is 0 Å². The summed E-state index contributed by atoms with van der Waals surface area (Å²) in [6.45, 7) is 1.99. The van der Waals surface area contributed by atoms with E-state index in [1.54, 1.807) is 0 Å². The molecule has 2 rings (SSSR count). The number of nitrogens with two attached hydrogens (primary N) is 1. The van der Waals surface area contributed by atoms with Gasteiger partial charge in [0.1, 0.15) is 5.82 Å². The molecule has 0 bridgehead atoms. The molecule has 5 nitrogen and oxygen atoms in total.